The van der Waals surface area contributed by atoms with Gasteiger partial charge in [-0.05, 0) is 73.4 Å². The Hall–Kier alpha value is -2.21. The monoisotopic (exact) mass is 393 g/mol. The number of benzene rings is 2. The van der Waals surface area contributed by atoms with Crippen molar-refractivity contribution in [2.45, 2.75) is 45.0 Å². The molecule has 2 fully saturated rings. The summed E-state index contributed by atoms with van der Waals surface area (Å²) in [6.45, 7) is 5.71. The Bertz CT molecular complexity index is 939. The van der Waals surface area contributed by atoms with E-state index in [1.54, 1.807) is 0 Å². The summed E-state index contributed by atoms with van der Waals surface area (Å²) in [5, 5.41) is 11.2. The minimum Gasteiger partial charge on any atom is -0.384 e. The molecule has 1 saturated heterocycles. The standard InChI is InChI=1S/C24H27NO4/c1-15-5-3-6-16(2)21(15)22(26)18-9-10-20-19(13-18)24(28-11-4-12-29-24)23(27)25(20)14-17-7-8-17/h3,5-6,9-10,13,17,22,26H,4,7-8,11-12,14H2,1-2H3. The number of carbonyl (C=O) groups excluding carboxylic acids is 1. The summed E-state index contributed by atoms with van der Waals surface area (Å²) in [6.07, 6.45) is 2.33. The highest BCUT2D eigenvalue weighted by atomic mass is 16.7. The van der Waals surface area contributed by atoms with Crippen LogP contribution in [-0.2, 0) is 20.1 Å². The first-order valence-corrected chi connectivity index (χ1v) is 10.5. The molecule has 1 amide bonds. The normalized spacial score (nSPS) is 21.5. The fourth-order valence-electron chi connectivity index (χ4n) is 4.60. The van der Waals surface area contributed by atoms with E-state index in [0.717, 1.165) is 52.8 Å². The highest BCUT2D eigenvalue weighted by Crippen LogP contribution is 2.48. The van der Waals surface area contributed by atoms with Gasteiger partial charge in [0, 0.05) is 12.1 Å². The van der Waals surface area contributed by atoms with E-state index >= 15 is 0 Å². The molecular formula is C24H27NO4. The van der Waals surface area contributed by atoms with Crippen LogP contribution in [0, 0.1) is 19.8 Å². The summed E-state index contributed by atoms with van der Waals surface area (Å²) in [4.78, 5) is 15.2. The number of nitrogens with zero attached hydrogens (tertiary/aromatic N) is 1. The maximum atomic E-state index is 13.4. The lowest BCUT2D eigenvalue weighted by Crippen LogP contribution is -2.47. The zero-order chi connectivity index (χ0) is 20.2. The first kappa shape index (κ1) is 18.8. The van der Waals surface area contributed by atoms with E-state index < -0.39 is 11.9 Å². The van der Waals surface area contributed by atoms with Gasteiger partial charge in [0.15, 0.2) is 0 Å². The van der Waals surface area contributed by atoms with Crippen molar-refractivity contribution in [3.63, 3.8) is 0 Å². The van der Waals surface area contributed by atoms with Crippen molar-refractivity contribution in [3.05, 3.63) is 64.2 Å². The van der Waals surface area contributed by atoms with Crippen LogP contribution in [-0.4, -0.2) is 30.8 Å². The van der Waals surface area contributed by atoms with Crippen LogP contribution in [0.15, 0.2) is 36.4 Å². The van der Waals surface area contributed by atoms with E-state index in [1.165, 1.54) is 0 Å². The molecule has 1 aliphatic carbocycles. The predicted octanol–water partition coefficient (Wildman–Crippen LogP) is 3.73. The third-order valence-electron chi connectivity index (χ3n) is 6.36. The Balaban J connectivity index is 1.59. The molecule has 152 valence electrons. The molecule has 5 heteroatoms. The second-order valence-electron chi connectivity index (χ2n) is 8.51. The number of carbonyl (C=O) groups is 1. The first-order valence-electron chi connectivity index (χ1n) is 10.5. The second-order valence-corrected chi connectivity index (χ2v) is 8.51. The lowest BCUT2D eigenvalue weighted by atomic mass is 9.91. The Kier molecular flexibility index (Phi) is 4.50. The number of hydrogen-bond acceptors (Lipinski definition) is 4. The van der Waals surface area contributed by atoms with Crippen LogP contribution in [0.25, 0.3) is 0 Å². The Morgan fingerprint density at radius 2 is 1.83 bits per heavy atom. The van der Waals surface area contributed by atoms with Crippen molar-refractivity contribution in [1.82, 2.24) is 0 Å². The molecule has 2 heterocycles. The zero-order valence-corrected chi connectivity index (χ0v) is 17.0. The van der Waals surface area contributed by atoms with Gasteiger partial charge in [-0.1, -0.05) is 24.3 Å². The number of anilines is 1. The largest absolute Gasteiger partial charge is 0.384 e. The van der Waals surface area contributed by atoms with Gasteiger partial charge < -0.3 is 19.5 Å². The molecule has 3 aliphatic rings. The Morgan fingerprint density at radius 1 is 1.14 bits per heavy atom. The fraction of sp³-hybridized carbons (Fsp3) is 0.458. The van der Waals surface area contributed by atoms with E-state index in [1.807, 2.05) is 55.1 Å². The maximum Gasteiger partial charge on any atom is 0.292 e. The number of amides is 1. The summed E-state index contributed by atoms with van der Waals surface area (Å²) in [5.41, 5.74) is 5.33. The highest BCUT2D eigenvalue weighted by molar-refractivity contribution is 6.06. The van der Waals surface area contributed by atoms with Crippen molar-refractivity contribution in [1.29, 1.82) is 0 Å². The van der Waals surface area contributed by atoms with Gasteiger partial charge in [0.1, 0.15) is 6.10 Å². The summed E-state index contributed by atoms with van der Waals surface area (Å²) in [7, 11) is 0. The molecule has 0 radical (unpaired) electrons. The Labute approximate surface area is 171 Å². The molecule has 1 atom stereocenters. The van der Waals surface area contributed by atoms with Crippen LogP contribution >= 0.6 is 0 Å². The molecule has 1 spiro atoms. The SMILES string of the molecule is Cc1cccc(C)c1C(O)c1ccc2c(c1)C1(OCCCO1)C(=O)N2CC1CC1. The van der Waals surface area contributed by atoms with Crippen LogP contribution in [0.4, 0.5) is 5.69 Å². The van der Waals surface area contributed by atoms with Gasteiger partial charge in [-0.2, -0.15) is 0 Å². The van der Waals surface area contributed by atoms with Crippen LogP contribution in [0.2, 0.25) is 0 Å². The van der Waals surface area contributed by atoms with Gasteiger partial charge in [0.05, 0.1) is 18.9 Å². The van der Waals surface area contributed by atoms with Crippen molar-refractivity contribution < 1.29 is 19.4 Å². The molecule has 1 unspecified atom stereocenters. The van der Waals surface area contributed by atoms with E-state index in [2.05, 4.69) is 0 Å². The van der Waals surface area contributed by atoms with Crippen LogP contribution < -0.4 is 4.90 Å². The van der Waals surface area contributed by atoms with Crippen molar-refractivity contribution >= 4 is 11.6 Å². The van der Waals surface area contributed by atoms with E-state index in [0.29, 0.717) is 25.7 Å². The van der Waals surface area contributed by atoms with Crippen LogP contribution in [0.3, 0.4) is 0 Å². The van der Waals surface area contributed by atoms with E-state index in [-0.39, 0.29) is 5.91 Å². The molecule has 2 aliphatic heterocycles. The molecule has 2 aromatic rings. The molecule has 0 bridgehead atoms. The third kappa shape index (κ3) is 3.00. The lowest BCUT2D eigenvalue weighted by Gasteiger charge is -2.32. The Morgan fingerprint density at radius 3 is 2.48 bits per heavy atom. The second kappa shape index (κ2) is 6.94. The summed E-state index contributed by atoms with van der Waals surface area (Å²) >= 11 is 0. The average Bonchev–Trinajstić information content (AvgIpc) is 3.52. The average molecular weight is 393 g/mol. The topological polar surface area (TPSA) is 59.0 Å². The minimum atomic E-state index is -1.36. The van der Waals surface area contributed by atoms with Gasteiger partial charge in [-0.3, -0.25) is 4.79 Å². The third-order valence-corrected chi connectivity index (χ3v) is 6.36. The smallest absolute Gasteiger partial charge is 0.292 e. The van der Waals surface area contributed by atoms with E-state index in [4.69, 9.17) is 9.47 Å². The molecule has 1 N–H and O–H groups in total. The number of rotatable bonds is 4. The summed E-state index contributed by atoms with van der Waals surface area (Å²) in [6, 6.07) is 11.8. The van der Waals surface area contributed by atoms with Gasteiger partial charge in [-0.25, -0.2) is 0 Å². The summed E-state index contributed by atoms with van der Waals surface area (Å²) < 4.78 is 12.0. The summed E-state index contributed by atoms with van der Waals surface area (Å²) in [5.74, 6) is -0.929. The van der Waals surface area contributed by atoms with Crippen molar-refractivity contribution in [2.24, 2.45) is 5.92 Å². The molecule has 29 heavy (non-hydrogen) atoms. The van der Waals surface area contributed by atoms with Crippen LogP contribution in [0.5, 0.6) is 0 Å². The first-order chi connectivity index (χ1) is 14.0. The molecule has 2 aromatic carbocycles. The van der Waals surface area contributed by atoms with Crippen molar-refractivity contribution in [2.75, 3.05) is 24.7 Å². The molecule has 5 nitrogen and oxygen atoms in total. The van der Waals surface area contributed by atoms with Gasteiger partial charge >= 0.3 is 0 Å². The van der Waals surface area contributed by atoms with E-state index in [9.17, 15) is 9.90 Å². The maximum absolute atomic E-state index is 13.4. The number of aliphatic hydroxyl groups is 1. The number of fused-ring (bicyclic) bond motifs is 2. The highest BCUT2D eigenvalue weighted by Gasteiger charge is 2.55. The number of aryl methyl sites for hydroxylation is 2. The molecule has 5 rings (SSSR count). The van der Waals surface area contributed by atoms with Gasteiger partial charge in [0.2, 0.25) is 0 Å². The fourth-order valence-corrected chi connectivity index (χ4v) is 4.60. The molecular weight excluding hydrogens is 366 g/mol. The number of ether oxygens (including phenoxy) is 2. The van der Waals surface area contributed by atoms with Crippen molar-refractivity contribution in [3.8, 4) is 0 Å². The van der Waals surface area contributed by atoms with Gasteiger partial charge in [-0.15, -0.1) is 0 Å². The quantitative estimate of drug-likeness (QED) is 0.860. The minimum absolute atomic E-state index is 0.127. The molecule has 0 aromatic heterocycles. The number of aliphatic hydroxyl groups excluding tert-OH is 1. The molecule has 1 saturated carbocycles. The number of hydrogen-bond donors (Lipinski definition) is 1. The van der Waals surface area contributed by atoms with Gasteiger partial charge in [0.25, 0.3) is 11.7 Å². The van der Waals surface area contributed by atoms with Crippen LogP contribution in [0.1, 0.15) is 53.2 Å². The predicted molar refractivity (Wildman–Crippen MR) is 110 cm³/mol. The zero-order valence-electron chi connectivity index (χ0n) is 17.0. The lowest BCUT2D eigenvalue weighted by molar-refractivity contribution is -0.256.